The van der Waals surface area contributed by atoms with Crippen molar-refractivity contribution in [2.24, 2.45) is 5.41 Å². The van der Waals surface area contributed by atoms with Crippen molar-refractivity contribution < 1.29 is 9.53 Å². The highest BCUT2D eigenvalue weighted by atomic mass is 16.5. The van der Waals surface area contributed by atoms with Gasteiger partial charge in [0.25, 0.3) is 0 Å². The van der Waals surface area contributed by atoms with Crippen LogP contribution in [0.5, 0.6) is 0 Å². The van der Waals surface area contributed by atoms with E-state index >= 15 is 0 Å². The average Bonchev–Trinajstić information content (AvgIpc) is 2.59. The number of hydrogen-bond acceptors (Lipinski definition) is 2. The highest BCUT2D eigenvalue weighted by Gasteiger charge is 2.31. The molecule has 2 heteroatoms. The maximum atomic E-state index is 13.0. The van der Waals surface area contributed by atoms with Gasteiger partial charge in [-0.3, -0.25) is 4.79 Å². The Kier molecular flexibility index (Phi) is 5.03. The third kappa shape index (κ3) is 4.05. The van der Waals surface area contributed by atoms with Crippen molar-refractivity contribution in [3.63, 3.8) is 0 Å². The molecule has 2 nitrogen and oxygen atoms in total. The number of rotatable bonds is 4. The Morgan fingerprint density at radius 2 is 1.38 bits per heavy atom. The van der Waals surface area contributed by atoms with E-state index < -0.39 is 0 Å². The van der Waals surface area contributed by atoms with Crippen molar-refractivity contribution in [1.29, 1.82) is 0 Å². The quantitative estimate of drug-likeness (QED) is 0.711. The molecule has 0 atom stereocenters. The molecule has 0 radical (unpaired) electrons. The maximum absolute atomic E-state index is 13.0. The fourth-order valence-electron chi connectivity index (χ4n) is 3.48. The fraction of sp³-hybridized carbons (Fsp3) is 0.409. The average molecular weight is 322 g/mol. The number of esters is 1. The van der Waals surface area contributed by atoms with Crippen molar-refractivity contribution in [2.75, 3.05) is 0 Å². The van der Waals surface area contributed by atoms with Crippen molar-refractivity contribution in [1.82, 2.24) is 0 Å². The van der Waals surface area contributed by atoms with Gasteiger partial charge in [0.2, 0.25) is 0 Å². The molecule has 0 bridgehead atoms. The molecule has 0 N–H and O–H groups in total. The van der Waals surface area contributed by atoms with Gasteiger partial charge in [-0.05, 0) is 42.2 Å². The zero-order valence-corrected chi connectivity index (χ0v) is 14.6. The SMILES string of the molecule is CC1(C)CCC(OC(=O)C(c2ccccc2)c2ccccc2)CC1. The molecular formula is C22H26O2. The Bertz CT molecular complexity index is 611. The summed E-state index contributed by atoms with van der Waals surface area (Å²) in [4.78, 5) is 13.0. The van der Waals surface area contributed by atoms with Gasteiger partial charge in [-0.15, -0.1) is 0 Å². The lowest BCUT2D eigenvalue weighted by molar-refractivity contribution is -0.152. The Labute approximate surface area is 144 Å². The van der Waals surface area contributed by atoms with Crippen molar-refractivity contribution in [2.45, 2.75) is 51.6 Å². The second-order valence-electron chi connectivity index (χ2n) is 7.55. The largest absolute Gasteiger partial charge is 0.462 e. The maximum Gasteiger partial charge on any atom is 0.318 e. The summed E-state index contributed by atoms with van der Waals surface area (Å²) in [6, 6.07) is 19.9. The van der Waals surface area contributed by atoms with E-state index in [2.05, 4.69) is 13.8 Å². The number of carbonyl (C=O) groups is 1. The first-order valence-electron chi connectivity index (χ1n) is 8.85. The molecule has 0 aliphatic heterocycles. The highest BCUT2D eigenvalue weighted by Crippen LogP contribution is 2.37. The Morgan fingerprint density at radius 3 is 1.83 bits per heavy atom. The Balaban J connectivity index is 1.78. The van der Waals surface area contributed by atoms with Gasteiger partial charge in [-0.25, -0.2) is 0 Å². The van der Waals surface area contributed by atoms with E-state index in [9.17, 15) is 4.79 Å². The van der Waals surface area contributed by atoms with Crippen LogP contribution in [0.4, 0.5) is 0 Å². The topological polar surface area (TPSA) is 26.3 Å². The molecule has 1 fully saturated rings. The van der Waals surface area contributed by atoms with Crippen LogP contribution in [0.1, 0.15) is 56.6 Å². The minimum atomic E-state index is -0.345. The molecule has 0 amide bonds. The van der Waals surface area contributed by atoms with Gasteiger partial charge in [-0.1, -0.05) is 74.5 Å². The molecule has 126 valence electrons. The molecule has 1 saturated carbocycles. The number of benzene rings is 2. The first-order valence-corrected chi connectivity index (χ1v) is 8.85. The highest BCUT2D eigenvalue weighted by molar-refractivity contribution is 5.82. The summed E-state index contributed by atoms with van der Waals surface area (Å²) in [5.74, 6) is -0.473. The fourth-order valence-corrected chi connectivity index (χ4v) is 3.48. The summed E-state index contributed by atoms with van der Waals surface area (Å²) in [5, 5.41) is 0. The monoisotopic (exact) mass is 322 g/mol. The van der Waals surface area contributed by atoms with E-state index in [1.54, 1.807) is 0 Å². The summed E-state index contributed by atoms with van der Waals surface area (Å²) < 4.78 is 5.92. The molecule has 2 aromatic rings. The summed E-state index contributed by atoms with van der Waals surface area (Å²) in [7, 11) is 0. The predicted octanol–water partition coefficient (Wildman–Crippen LogP) is 5.33. The Morgan fingerprint density at radius 1 is 0.917 bits per heavy atom. The van der Waals surface area contributed by atoms with Crippen LogP contribution < -0.4 is 0 Å². The lowest BCUT2D eigenvalue weighted by Gasteiger charge is -2.34. The first-order chi connectivity index (χ1) is 11.6. The van der Waals surface area contributed by atoms with Crippen LogP contribution in [0.3, 0.4) is 0 Å². The lowest BCUT2D eigenvalue weighted by atomic mass is 9.76. The van der Waals surface area contributed by atoms with Crippen LogP contribution in [0.15, 0.2) is 60.7 Å². The second-order valence-corrected chi connectivity index (χ2v) is 7.55. The zero-order valence-electron chi connectivity index (χ0n) is 14.6. The molecule has 1 aliphatic rings. The third-order valence-corrected chi connectivity index (χ3v) is 5.07. The molecule has 0 aromatic heterocycles. The minimum Gasteiger partial charge on any atom is -0.462 e. The standard InChI is InChI=1S/C22H26O2/c1-22(2)15-13-19(14-16-22)24-21(23)20(17-9-5-3-6-10-17)18-11-7-4-8-12-18/h3-12,19-20H,13-16H2,1-2H3. The van der Waals surface area contributed by atoms with Crippen LogP contribution >= 0.6 is 0 Å². The Hall–Kier alpha value is -2.09. The summed E-state index contributed by atoms with van der Waals surface area (Å²) >= 11 is 0. The molecule has 2 aromatic carbocycles. The summed E-state index contributed by atoms with van der Waals surface area (Å²) in [6.45, 7) is 4.59. The molecule has 0 unspecified atom stereocenters. The first kappa shape index (κ1) is 16.8. The smallest absolute Gasteiger partial charge is 0.318 e. The number of carbonyl (C=O) groups excluding carboxylic acids is 1. The van der Waals surface area contributed by atoms with E-state index in [-0.39, 0.29) is 18.0 Å². The van der Waals surface area contributed by atoms with Gasteiger partial charge in [0.05, 0.1) is 0 Å². The molecule has 1 aliphatic carbocycles. The molecule has 24 heavy (non-hydrogen) atoms. The third-order valence-electron chi connectivity index (χ3n) is 5.07. The van der Waals surface area contributed by atoms with Crippen LogP contribution in [0.2, 0.25) is 0 Å². The predicted molar refractivity (Wildman–Crippen MR) is 96.9 cm³/mol. The molecular weight excluding hydrogens is 296 g/mol. The van der Waals surface area contributed by atoms with Crippen molar-refractivity contribution in [3.8, 4) is 0 Å². The number of ether oxygens (including phenoxy) is 1. The van der Waals surface area contributed by atoms with Crippen molar-refractivity contribution >= 4 is 5.97 Å². The van der Waals surface area contributed by atoms with Crippen LogP contribution in [0.25, 0.3) is 0 Å². The van der Waals surface area contributed by atoms with Gasteiger partial charge in [0, 0.05) is 0 Å². The molecule has 0 spiro atoms. The van der Waals surface area contributed by atoms with E-state index in [0.29, 0.717) is 5.41 Å². The van der Waals surface area contributed by atoms with E-state index in [0.717, 1.165) is 36.8 Å². The van der Waals surface area contributed by atoms with Gasteiger partial charge in [0.1, 0.15) is 12.0 Å². The number of hydrogen-bond donors (Lipinski definition) is 0. The van der Waals surface area contributed by atoms with Crippen LogP contribution in [-0.4, -0.2) is 12.1 Å². The van der Waals surface area contributed by atoms with Gasteiger partial charge in [-0.2, -0.15) is 0 Å². The van der Waals surface area contributed by atoms with Crippen LogP contribution in [0, 0.1) is 5.41 Å². The van der Waals surface area contributed by atoms with Gasteiger partial charge in [0.15, 0.2) is 0 Å². The van der Waals surface area contributed by atoms with Crippen LogP contribution in [-0.2, 0) is 9.53 Å². The van der Waals surface area contributed by atoms with Crippen molar-refractivity contribution in [3.05, 3.63) is 71.8 Å². The molecule has 0 heterocycles. The summed E-state index contributed by atoms with van der Waals surface area (Å²) in [5.41, 5.74) is 2.36. The zero-order chi connectivity index (χ0) is 17.0. The molecule has 3 rings (SSSR count). The minimum absolute atomic E-state index is 0.0560. The summed E-state index contributed by atoms with van der Waals surface area (Å²) in [6.07, 6.45) is 4.23. The van der Waals surface area contributed by atoms with Gasteiger partial charge < -0.3 is 4.74 Å². The second kappa shape index (κ2) is 7.21. The normalized spacial score (nSPS) is 17.6. The van der Waals surface area contributed by atoms with E-state index in [1.165, 1.54) is 0 Å². The lowest BCUT2D eigenvalue weighted by Crippen LogP contribution is -2.30. The van der Waals surface area contributed by atoms with Gasteiger partial charge >= 0.3 is 5.97 Å². The molecule has 0 saturated heterocycles. The van der Waals surface area contributed by atoms with E-state index in [4.69, 9.17) is 4.74 Å². The van der Waals surface area contributed by atoms with E-state index in [1.807, 2.05) is 60.7 Å².